The lowest BCUT2D eigenvalue weighted by molar-refractivity contribution is -0.00814. The molecule has 0 aliphatic carbocycles. The van der Waals surface area contributed by atoms with E-state index in [0.29, 0.717) is 5.56 Å². The summed E-state index contributed by atoms with van der Waals surface area (Å²) in [7, 11) is 0. The van der Waals surface area contributed by atoms with E-state index >= 15 is 0 Å². The number of carbonyl (C=O) groups excluding carboxylic acids is 1. The van der Waals surface area contributed by atoms with Crippen LogP contribution >= 0.6 is 0 Å². The molecule has 3 rings (SSSR count). The van der Waals surface area contributed by atoms with Crippen molar-refractivity contribution in [2.45, 2.75) is 31.7 Å². The van der Waals surface area contributed by atoms with Crippen molar-refractivity contribution in [1.29, 1.82) is 0 Å². The molecule has 2 unspecified atom stereocenters. The largest absolute Gasteiger partial charge is 0.422 e. The summed E-state index contributed by atoms with van der Waals surface area (Å²) in [6.07, 6.45) is 2.02. The molecule has 0 saturated carbocycles. The zero-order chi connectivity index (χ0) is 10.5. The number of epoxide rings is 1. The van der Waals surface area contributed by atoms with E-state index in [2.05, 4.69) is 6.92 Å². The number of fused-ring (bicyclic) bond motifs is 2. The Morgan fingerprint density at radius 3 is 3.00 bits per heavy atom. The summed E-state index contributed by atoms with van der Waals surface area (Å²) >= 11 is 0. The number of carbonyl (C=O) groups is 1. The van der Waals surface area contributed by atoms with Crippen molar-refractivity contribution in [1.82, 2.24) is 0 Å². The van der Waals surface area contributed by atoms with Gasteiger partial charge in [-0.1, -0.05) is 31.5 Å². The van der Waals surface area contributed by atoms with Gasteiger partial charge in [-0.2, -0.15) is 0 Å². The fourth-order valence-electron chi connectivity index (χ4n) is 2.23. The summed E-state index contributed by atoms with van der Waals surface area (Å²) in [6.45, 7) is 2.10. The maximum Gasteiger partial charge on any atom is 0.341 e. The molecule has 0 N–H and O–H groups in total. The van der Waals surface area contributed by atoms with Gasteiger partial charge in [0.25, 0.3) is 5.79 Å². The van der Waals surface area contributed by atoms with Gasteiger partial charge in [0.15, 0.2) is 0 Å². The van der Waals surface area contributed by atoms with Crippen molar-refractivity contribution in [3.63, 3.8) is 0 Å². The number of hydrogen-bond donors (Lipinski definition) is 0. The minimum absolute atomic E-state index is 0.0510. The second-order valence-corrected chi connectivity index (χ2v) is 4.00. The summed E-state index contributed by atoms with van der Waals surface area (Å²) in [4.78, 5) is 11.6. The Morgan fingerprint density at radius 1 is 1.40 bits per heavy atom. The Balaban J connectivity index is 2.00. The molecule has 0 amide bonds. The molecule has 3 heteroatoms. The highest BCUT2D eigenvalue weighted by molar-refractivity contribution is 5.95. The van der Waals surface area contributed by atoms with Gasteiger partial charge in [-0.25, -0.2) is 4.79 Å². The SMILES string of the molecule is CCCC1OC12OC(=O)c1ccccc12. The number of esters is 1. The first-order valence-electron chi connectivity index (χ1n) is 5.28. The first kappa shape index (κ1) is 8.92. The van der Waals surface area contributed by atoms with Crippen LogP contribution in [-0.2, 0) is 15.3 Å². The topological polar surface area (TPSA) is 38.8 Å². The average Bonchev–Trinajstić information content (AvgIpc) is 2.84. The highest BCUT2D eigenvalue weighted by Crippen LogP contribution is 2.54. The predicted molar refractivity (Wildman–Crippen MR) is 53.3 cm³/mol. The molecule has 0 bridgehead atoms. The second kappa shape index (κ2) is 2.83. The van der Waals surface area contributed by atoms with Gasteiger partial charge in [0.05, 0.1) is 5.56 Å². The number of ether oxygens (including phenoxy) is 2. The predicted octanol–water partition coefficient (Wildman–Crippen LogP) is 2.21. The Kier molecular flexibility index (Phi) is 1.68. The number of benzene rings is 1. The summed E-state index contributed by atoms with van der Waals surface area (Å²) in [5, 5.41) is 0. The highest BCUT2D eigenvalue weighted by Gasteiger charge is 2.65. The lowest BCUT2D eigenvalue weighted by atomic mass is 10.0. The Labute approximate surface area is 88.0 Å². The molecule has 2 heterocycles. The fourth-order valence-corrected chi connectivity index (χ4v) is 2.23. The zero-order valence-corrected chi connectivity index (χ0v) is 8.53. The maximum atomic E-state index is 11.6. The summed E-state index contributed by atoms with van der Waals surface area (Å²) < 4.78 is 10.9. The molecular formula is C12H12O3. The smallest absolute Gasteiger partial charge is 0.341 e. The van der Waals surface area contributed by atoms with E-state index in [9.17, 15) is 4.79 Å². The van der Waals surface area contributed by atoms with Gasteiger partial charge in [0, 0.05) is 5.56 Å². The molecule has 2 aliphatic rings. The molecule has 15 heavy (non-hydrogen) atoms. The first-order chi connectivity index (χ1) is 7.28. The Morgan fingerprint density at radius 2 is 2.20 bits per heavy atom. The van der Waals surface area contributed by atoms with Crippen molar-refractivity contribution < 1.29 is 14.3 Å². The quantitative estimate of drug-likeness (QED) is 0.547. The van der Waals surface area contributed by atoms with E-state index in [1.807, 2.05) is 18.2 Å². The number of rotatable bonds is 2. The molecule has 1 fully saturated rings. The standard InChI is InChI=1S/C12H12O3/c1-2-5-10-12(14-10)9-7-4-3-6-8(9)11(13)15-12/h3-4,6-7,10H,2,5H2,1H3. The third kappa shape index (κ3) is 1.07. The normalized spacial score (nSPS) is 31.5. The molecule has 0 aromatic heterocycles. The van der Waals surface area contributed by atoms with Crippen LogP contribution < -0.4 is 0 Å². The average molecular weight is 204 g/mol. The third-order valence-corrected chi connectivity index (χ3v) is 3.00. The summed E-state index contributed by atoms with van der Waals surface area (Å²) in [6, 6.07) is 7.45. The van der Waals surface area contributed by atoms with Crippen molar-refractivity contribution in [2.75, 3.05) is 0 Å². The minimum Gasteiger partial charge on any atom is -0.422 e. The maximum absolute atomic E-state index is 11.6. The molecule has 1 spiro atoms. The molecule has 3 nitrogen and oxygen atoms in total. The van der Waals surface area contributed by atoms with E-state index in [1.165, 1.54) is 0 Å². The Hall–Kier alpha value is -1.35. The summed E-state index contributed by atoms with van der Waals surface area (Å²) in [5.74, 6) is -0.992. The van der Waals surface area contributed by atoms with Crippen LogP contribution in [0.15, 0.2) is 24.3 Å². The molecule has 1 aromatic carbocycles. The van der Waals surface area contributed by atoms with Gasteiger partial charge in [0.1, 0.15) is 6.10 Å². The highest BCUT2D eigenvalue weighted by atomic mass is 16.8. The van der Waals surface area contributed by atoms with E-state index in [-0.39, 0.29) is 12.1 Å². The molecule has 78 valence electrons. The lowest BCUT2D eigenvalue weighted by Gasteiger charge is -2.03. The molecule has 2 atom stereocenters. The second-order valence-electron chi connectivity index (χ2n) is 4.00. The molecular weight excluding hydrogens is 192 g/mol. The van der Waals surface area contributed by atoms with Gasteiger partial charge >= 0.3 is 5.97 Å². The van der Waals surface area contributed by atoms with Crippen LogP contribution in [0.1, 0.15) is 35.7 Å². The van der Waals surface area contributed by atoms with Gasteiger partial charge in [-0.3, -0.25) is 0 Å². The van der Waals surface area contributed by atoms with Crippen LogP contribution in [0.4, 0.5) is 0 Å². The van der Waals surface area contributed by atoms with Crippen molar-refractivity contribution in [3.05, 3.63) is 35.4 Å². The van der Waals surface area contributed by atoms with Crippen LogP contribution in [0.2, 0.25) is 0 Å². The lowest BCUT2D eigenvalue weighted by Crippen LogP contribution is -2.12. The van der Waals surface area contributed by atoms with Crippen molar-refractivity contribution in [3.8, 4) is 0 Å². The van der Waals surface area contributed by atoms with Crippen LogP contribution in [-0.4, -0.2) is 12.1 Å². The van der Waals surface area contributed by atoms with Crippen molar-refractivity contribution >= 4 is 5.97 Å². The molecule has 0 radical (unpaired) electrons. The zero-order valence-electron chi connectivity index (χ0n) is 8.53. The molecule has 1 aromatic rings. The van der Waals surface area contributed by atoms with Gasteiger partial charge in [-0.05, 0) is 12.5 Å². The minimum atomic E-state index is -0.732. The van der Waals surface area contributed by atoms with Crippen molar-refractivity contribution in [2.24, 2.45) is 0 Å². The summed E-state index contributed by atoms with van der Waals surface area (Å²) in [5.41, 5.74) is 1.55. The van der Waals surface area contributed by atoms with E-state index in [1.54, 1.807) is 6.07 Å². The van der Waals surface area contributed by atoms with Gasteiger partial charge in [-0.15, -0.1) is 0 Å². The van der Waals surface area contributed by atoms with Crippen LogP contribution in [0.3, 0.4) is 0 Å². The monoisotopic (exact) mass is 204 g/mol. The molecule has 2 aliphatic heterocycles. The van der Waals surface area contributed by atoms with E-state index < -0.39 is 5.79 Å². The van der Waals surface area contributed by atoms with Gasteiger partial charge < -0.3 is 9.47 Å². The van der Waals surface area contributed by atoms with E-state index in [0.717, 1.165) is 18.4 Å². The van der Waals surface area contributed by atoms with E-state index in [4.69, 9.17) is 9.47 Å². The third-order valence-electron chi connectivity index (χ3n) is 3.00. The van der Waals surface area contributed by atoms with Crippen LogP contribution in [0, 0.1) is 0 Å². The first-order valence-corrected chi connectivity index (χ1v) is 5.28. The number of hydrogen-bond acceptors (Lipinski definition) is 3. The fraction of sp³-hybridized carbons (Fsp3) is 0.417. The van der Waals surface area contributed by atoms with Crippen LogP contribution in [0.25, 0.3) is 0 Å². The molecule has 1 saturated heterocycles. The van der Waals surface area contributed by atoms with Crippen LogP contribution in [0.5, 0.6) is 0 Å². The van der Waals surface area contributed by atoms with Gasteiger partial charge in [0.2, 0.25) is 0 Å². The Bertz CT molecular complexity index is 427.